The summed E-state index contributed by atoms with van der Waals surface area (Å²) in [6.45, 7) is 2.72. The summed E-state index contributed by atoms with van der Waals surface area (Å²) >= 11 is 0. The van der Waals surface area contributed by atoms with Crippen molar-refractivity contribution in [3.63, 3.8) is 0 Å². The third-order valence-corrected chi connectivity index (χ3v) is 2.28. The van der Waals surface area contributed by atoms with Gasteiger partial charge in [-0.2, -0.15) is 0 Å². The molecule has 3 heteroatoms. The van der Waals surface area contributed by atoms with Crippen LogP contribution < -0.4 is 4.43 Å². The average molecular weight is 168 g/mol. The molecule has 0 fully saturated rings. The van der Waals surface area contributed by atoms with Gasteiger partial charge in [0.15, 0.2) is 0 Å². The second-order valence-corrected chi connectivity index (χ2v) is 3.00. The molecule has 0 spiro atoms. The lowest BCUT2D eigenvalue weighted by Gasteiger charge is -2.03. The second kappa shape index (κ2) is 4.93. The van der Waals surface area contributed by atoms with E-state index in [2.05, 4.69) is 0 Å². The molecule has 0 unspecified atom stereocenters. The zero-order chi connectivity index (χ0) is 7.94. The summed E-state index contributed by atoms with van der Waals surface area (Å²) in [6, 6.07) is 9.75. The topological polar surface area (TPSA) is 18.5 Å². The second-order valence-electron chi connectivity index (χ2n) is 2.07. The van der Waals surface area contributed by atoms with Crippen molar-refractivity contribution in [2.45, 2.75) is 6.92 Å². The molecule has 0 saturated heterocycles. The molecule has 0 aliphatic carbocycles. The minimum Gasteiger partial charge on any atom is -0.525 e. The van der Waals surface area contributed by atoms with Gasteiger partial charge in [0, 0.05) is 6.61 Å². The van der Waals surface area contributed by atoms with Crippen molar-refractivity contribution >= 4 is 10.0 Å². The largest absolute Gasteiger partial charge is 0.525 e. The predicted molar refractivity (Wildman–Crippen MR) is 47.2 cm³/mol. The molecular weight excluding hydrogens is 156 g/mol. The summed E-state index contributed by atoms with van der Waals surface area (Å²) in [4.78, 5) is 0. The first-order chi connectivity index (χ1) is 5.43. The SMILES string of the molecule is CCO[SiH2]Oc1ccccc1. The van der Waals surface area contributed by atoms with Crippen molar-refractivity contribution in [2.75, 3.05) is 6.61 Å². The molecule has 2 nitrogen and oxygen atoms in total. The first kappa shape index (κ1) is 8.29. The maximum Gasteiger partial charge on any atom is 0.365 e. The van der Waals surface area contributed by atoms with E-state index in [4.69, 9.17) is 8.85 Å². The molecule has 1 aromatic rings. The highest BCUT2D eigenvalue weighted by Gasteiger charge is 1.89. The fourth-order valence-corrected chi connectivity index (χ4v) is 1.29. The van der Waals surface area contributed by atoms with E-state index in [-0.39, 0.29) is 0 Å². The molecule has 60 valence electrons. The van der Waals surface area contributed by atoms with Gasteiger partial charge in [-0.15, -0.1) is 0 Å². The minimum absolute atomic E-state index is 0.749. The van der Waals surface area contributed by atoms with Crippen LogP contribution in [0.5, 0.6) is 5.75 Å². The number of benzene rings is 1. The molecule has 0 heterocycles. The number of hydrogen-bond donors (Lipinski definition) is 0. The highest BCUT2D eigenvalue weighted by atomic mass is 28.3. The summed E-state index contributed by atoms with van der Waals surface area (Å²) in [7, 11) is -0.787. The van der Waals surface area contributed by atoms with Crippen molar-refractivity contribution in [3.05, 3.63) is 30.3 Å². The summed E-state index contributed by atoms with van der Waals surface area (Å²) < 4.78 is 10.5. The molecule has 0 aromatic heterocycles. The smallest absolute Gasteiger partial charge is 0.365 e. The minimum atomic E-state index is -0.787. The van der Waals surface area contributed by atoms with E-state index in [0.29, 0.717) is 0 Å². The predicted octanol–water partition coefficient (Wildman–Crippen LogP) is 1.10. The summed E-state index contributed by atoms with van der Waals surface area (Å²) in [5, 5.41) is 0. The van der Waals surface area contributed by atoms with Crippen molar-refractivity contribution in [2.24, 2.45) is 0 Å². The van der Waals surface area contributed by atoms with E-state index in [1.54, 1.807) is 0 Å². The van der Waals surface area contributed by atoms with E-state index in [9.17, 15) is 0 Å². The quantitative estimate of drug-likeness (QED) is 0.495. The molecule has 11 heavy (non-hydrogen) atoms. The Morgan fingerprint density at radius 3 is 2.64 bits per heavy atom. The van der Waals surface area contributed by atoms with Crippen LogP contribution >= 0.6 is 0 Å². The van der Waals surface area contributed by atoms with Gasteiger partial charge in [-0.3, -0.25) is 0 Å². The fourth-order valence-electron chi connectivity index (χ4n) is 0.710. The summed E-state index contributed by atoms with van der Waals surface area (Å²) in [5.74, 6) is 0.910. The van der Waals surface area contributed by atoms with Crippen LogP contribution in [0.15, 0.2) is 30.3 Å². The van der Waals surface area contributed by atoms with Gasteiger partial charge in [0.1, 0.15) is 5.75 Å². The van der Waals surface area contributed by atoms with Gasteiger partial charge in [0.2, 0.25) is 0 Å². The lowest BCUT2D eigenvalue weighted by molar-refractivity contribution is 0.308. The van der Waals surface area contributed by atoms with Crippen LogP contribution in [-0.2, 0) is 4.43 Å². The highest BCUT2D eigenvalue weighted by Crippen LogP contribution is 2.06. The molecule has 1 aromatic carbocycles. The summed E-state index contributed by atoms with van der Waals surface area (Å²) in [5.41, 5.74) is 0. The Kier molecular flexibility index (Phi) is 3.72. The molecule has 0 N–H and O–H groups in total. The Morgan fingerprint density at radius 1 is 1.27 bits per heavy atom. The zero-order valence-corrected chi connectivity index (χ0v) is 8.03. The zero-order valence-electron chi connectivity index (χ0n) is 6.62. The van der Waals surface area contributed by atoms with Gasteiger partial charge in [-0.05, 0) is 19.1 Å². The Morgan fingerprint density at radius 2 is 2.00 bits per heavy atom. The van der Waals surface area contributed by atoms with Gasteiger partial charge < -0.3 is 8.85 Å². The van der Waals surface area contributed by atoms with Crippen LogP contribution in [0.4, 0.5) is 0 Å². The fraction of sp³-hybridized carbons (Fsp3) is 0.250. The first-order valence-electron chi connectivity index (χ1n) is 3.69. The number of para-hydroxylation sites is 1. The molecule has 0 aliphatic rings. The first-order valence-corrected chi connectivity index (χ1v) is 4.84. The van der Waals surface area contributed by atoms with Gasteiger partial charge in [0.05, 0.1) is 0 Å². The van der Waals surface area contributed by atoms with Gasteiger partial charge in [-0.25, -0.2) is 0 Å². The van der Waals surface area contributed by atoms with Crippen molar-refractivity contribution < 1.29 is 8.85 Å². The Hall–Kier alpha value is -0.803. The Bertz CT molecular complexity index is 189. The van der Waals surface area contributed by atoms with E-state index < -0.39 is 10.0 Å². The molecule has 1 rings (SSSR count). The average Bonchev–Trinajstić information content (AvgIpc) is 2.07. The molecular formula is C8H12O2Si. The van der Waals surface area contributed by atoms with Gasteiger partial charge >= 0.3 is 10.0 Å². The van der Waals surface area contributed by atoms with Crippen LogP contribution in [0, 0.1) is 0 Å². The molecule has 0 radical (unpaired) electrons. The van der Waals surface area contributed by atoms with Crippen molar-refractivity contribution in [1.82, 2.24) is 0 Å². The van der Waals surface area contributed by atoms with Crippen LogP contribution in [0.3, 0.4) is 0 Å². The van der Waals surface area contributed by atoms with E-state index in [1.165, 1.54) is 0 Å². The van der Waals surface area contributed by atoms with Crippen LogP contribution in [0.2, 0.25) is 0 Å². The van der Waals surface area contributed by atoms with E-state index in [0.717, 1.165) is 12.4 Å². The van der Waals surface area contributed by atoms with E-state index >= 15 is 0 Å². The molecule has 0 aliphatic heterocycles. The normalized spacial score (nSPS) is 10.6. The lowest BCUT2D eigenvalue weighted by Crippen LogP contribution is -2.06. The maximum absolute atomic E-state index is 5.36. The van der Waals surface area contributed by atoms with Crippen LogP contribution in [-0.4, -0.2) is 16.6 Å². The molecule has 0 bridgehead atoms. The molecule has 0 saturated carbocycles. The van der Waals surface area contributed by atoms with Gasteiger partial charge in [-0.1, -0.05) is 18.2 Å². The third-order valence-electron chi connectivity index (χ3n) is 1.26. The molecule has 0 atom stereocenters. The lowest BCUT2D eigenvalue weighted by atomic mass is 10.3. The Balaban J connectivity index is 2.28. The highest BCUT2D eigenvalue weighted by molar-refractivity contribution is 6.19. The molecule has 0 amide bonds. The third kappa shape index (κ3) is 3.20. The van der Waals surface area contributed by atoms with E-state index in [1.807, 2.05) is 37.3 Å². The number of hydrogen-bond acceptors (Lipinski definition) is 2. The standard InChI is InChI=1S/C8H12O2Si/c1-2-9-11-10-8-6-4-3-5-7-8/h3-7H,2,11H2,1H3. The summed E-state index contributed by atoms with van der Waals surface area (Å²) in [6.07, 6.45) is 0. The van der Waals surface area contributed by atoms with Crippen molar-refractivity contribution in [3.8, 4) is 5.75 Å². The monoisotopic (exact) mass is 168 g/mol. The van der Waals surface area contributed by atoms with Crippen molar-refractivity contribution in [1.29, 1.82) is 0 Å². The van der Waals surface area contributed by atoms with Crippen LogP contribution in [0.1, 0.15) is 6.92 Å². The van der Waals surface area contributed by atoms with Gasteiger partial charge in [0.25, 0.3) is 0 Å². The number of rotatable bonds is 4. The maximum atomic E-state index is 5.36. The Labute approximate surface area is 69.2 Å². The van der Waals surface area contributed by atoms with Crippen LogP contribution in [0.25, 0.3) is 0 Å².